The van der Waals surface area contributed by atoms with Crippen molar-refractivity contribution in [2.24, 2.45) is 0 Å². The number of para-hydroxylation sites is 1. The normalized spacial score (nSPS) is 18.4. The van der Waals surface area contributed by atoms with Crippen LogP contribution in [0, 0.1) is 13.8 Å². The van der Waals surface area contributed by atoms with Crippen molar-refractivity contribution in [1.82, 2.24) is 24.4 Å². The van der Waals surface area contributed by atoms with E-state index in [0.717, 1.165) is 26.2 Å². The number of rotatable bonds is 4. The van der Waals surface area contributed by atoms with Gasteiger partial charge in [-0.3, -0.25) is 9.58 Å². The highest BCUT2D eigenvalue weighted by Crippen LogP contribution is 2.22. The first-order valence-corrected chi connectivity index (χ1v) is 9.20. The van der Waals surface area contributed by atoms with Gasteiger partial charge in [-0.2, -0.15) is 0 Å². The Morgan fingerprint density at radius 1 is 1.04 bits per heavy atom. The van der Waals surface area contributed by atoms with E-state index in [1.165, 1.54) is 22.6 Å². The summed E-state index contributed by atoms with van der Waals surface area (Å²) in [5.41, 5.74) is 5.15. The molecule has 1 aliphatic rings. The molecule has 0 bridgehead atoms. The van der Waals surface area contributed by atoms with E-state index >= 15 is 0 Å². The minimum Gasteiger partial charge on any atom is -0.369 e. The molecular weight excluding hydrogens is 324 g/mol. The highest BCUT2D eigenvalue weighted by molar-refractivity contribution is 5.46. The fourth-order valence-electron chi connectivity index (χ4n) is 3.95. The zero-order valence-electron chi connectivity index (χ0n) is 15.7. The molecule has 26 heavy (non-hydrogen) atoms. The lowest BCUT2D eigenvalue weighted by molar-refractivity contribution is 0.180. The second-order valence-electron chi connectivity index (χ2n) is 7.15. The summed E-state index contributed by atoms with van der Waals surface area (Å²) >= 11 is 0. The third-order valence-electron chi connectivity index (χ3n) is 5.40. The predicted octanol–water partition coefficient (Wildman–Crippen LogP) is 2.72. The Morgan fingerprint density at radius 2 is 1.77 bits per heavy atom. The molecule has 1 unspecified atom stereocenters. The largest absolute Gasteiger partial charge is 0.369 e. The fraction of sp³-hybridized carbons (Fsp3) is 0.400. The smallest absolute Gasteiger partial charge is 0.139 e. The molecule has 1 atom stereocenters. The number of hydrogen-bond donors (Lipinski definition) is 0. The molecule has 1 aromatic carbocycles. The topological polar surface area (TPSA) is 42.1 Å². The zero-order chi connectivity index (χ0) is 18.1. The third kappa shape index (κ3) is 3.12. The third-order valence-corrected chi connectivity index (χ3v) is 5.40. The first kappa shape index (κ1) is 16.8. The van der Waals surface area contributed by atoms with Crippen molar-refractivity contribution in [3.8, 4) is 0 Å². The summed E-state index contributed by atoms with van der Waals surface area (Å²) in [6.45, 7) is 10.8. The van der Waals surface area contributed by atoms with E-state index in [0.29, 0.717) is 6.04 Å². The summed E-state index contributed by atoms with van der Waals surface area (Å²) in [5, 5.41) is 7.86. The van der Waals surface area contributed by atoms with Crippen molar-refractivity contribution in [2.45, 2.75) is 33.4 Å². The lowest BCUT2D eigenvalue weighted by atomic mass is 10.1. The van der Waals surface area contributed by atoms with E-state index in [2.05, 4.69) is 81.8 Å². The van der Waals surface area contributed by atoms with Crippen LogP contribution in [0.15, 0.2) is 49.1 Å². The van der Waals surface area contributed by atoms with Crippen LogP contribution in [0.5, 0.6) is 0 Å². The van der Waals surface area contributed by atoms with Crippen LogP contribution in [0.25, 0.3) is 0 Å². The molecule has 6 heteroatoms. The molecule has 1 aliphatic heterocycles. The van der Waals surface area contributed by atoms with E-state index in [1.807, 2.05) is 4.68 Å². The number of aryl methyl sites for hydroxylation is 1. The quantitative estimate of drug-likeness (QED) is 0.726. The van der Waals surface area contributed by atoms with Crippen LogP contribution in [0.1, 0.15) is 23.9 Å². The Bertz CT molecular complexity index is 852. The van der Waals surface area contributed by atoms with Gasteiger partial charge in [-0.05, 0) is 44.5 Å². The molecule has 0 aliphatic carbocycles. The second kappa shape index (κ2) is 6.96. The molecule has 6 nitrogen and oxygen atoms in total. The van der Waals surface area contributed by atoms with Crippen molar-refractivity contribution >= 4 is 5.69 Å². The van der Waals surface area contributed by atoms with Gasteiger partial charge in [0.05, 0.1) is 0 Å². The van der Waals surface area contributed by atoms with E-state index in [-0.39, 0.29) is 0 Å². The van der Waals surface area contributed by atoms with E-state index in [1.54, 1.807) is 12.7 Å². The first-order chi connectivity index (χ1) is 12.6. The van der Waals surface area contributed by atoms with Crippen molar-refractivity contribution in [2.75, 3.05) is 24.5 Å². The standard InChI is InChI=1S/C20H26N6/c1-16-11-19(18(3)26(16)25-14-21-22-15-25)13-23-9-10-24(12-17(23)2)20-7-5-4-6-8-20/h4-8,11,14-15,17H,9-10,12-13H2,1-3H3. The molecule has 0 radical (unpaired) electrons. The average Bonchev–Trinajstić information content (AvgIpc) is 3.26. The Balaban J connectivity index is 1.48. The Morgan fingerprint density at radius 3 is 2.46 bits per heavy atom. The monoisotopic (exact) mass is 350 g/mol. The molecule has 2 aromatic heterocycles. The van der Waals surface area contributed by atoms with E-state index < -0.39 is 0 Å². The van der Waals surface area contributed by atoms with Crippen molar-refractivity contribution in [3.63, 3.8) is 0 Å². The SMILES string of the molecule is Cc1cc(CN2CCN(c3ccccc3)CC2C)c(C)n1-n1cnnc1. The summed E-state index contributed by atoms with van der Waals surface area (Å²) in [6, 6.07) is 13.5. The molecule has 0 spiro atoms. The molecular formula is C20H26N6. The summed E-state index contributed by atoms with van der Waals surface area (Å²) < 4.78 is 4.10. The van der Waals surface area contributed by atoms with Gasteiger partial charge in [0, 0.05) is 49.3 Å². The predicted molar refractivity (Wildman–Crippen MR) is 103 cm³/mol. The molecule has 0 saturated carbocycles. The van der Waals surface area contributed by atoms with Gasteiger partial charge in [0.25, 0.3) is 0 Å². The van der Waals surface area contributed by atoms with Crippen molar-refractivity contribution in [3.05, 3.63) is 66.0 Å². The summed E-state index contributed by atoms with van der Waals surface area (Å²) in [5.74, 6) is 0. The van der Waals surface area contributed by atoms with E-state index in [4.69, 9.17) is 0 Å². The van der Waals surface area contributed by atoms with Crippen molar-refractivity contribution in [1.29, 1.82) is 0 Å². The number of nitrogens with zero attached hydrogens (tertiary/aromatic N) is 6. The molecule has 4 rings (SSSR count). The van der Waals surface area contributed by atoms with Gasteiger partial charge < -0.3 is 4.90 Å². The highest BCUT2D eigenvalue weighted by Gasteiger charge is 2.25. The van der Waals surface area contributed by atoms with Gasteiger partial charge in [0.2, 0.25) is 0 Å². The number of benzene rings is 1. The van der Waals surface area contributed by atoms with Gasteiger partial charge >= 0.3 is 0 Å². The Kier molecular flexibility index (Phi) is 4.51. The van der Waals surface area contributed by atoms with Crippen molar-refractivity contribution < 1.29 is 0 Å². The van der Waals surface area contributed by atoms with Gasteiger partial charge in [-0.1, -0.05) is 18.2 Å². The number of piperazine rings is 1. The maximum absolute atomic E-state index is 3.93. The zero-order valence-corrected chi connectivity index (χ0v) is 15.7. The Labute approximate surface area is 154 Å². The molecule has 136 valence electrons. The number of aromatic nitrogens is 4. The average molecular weight is 350 g/mol. The van der Waals surface area contributed by atoms with Gasteiger partial charge in [0.1, 0.15) is 12.7 Å². The number of anilines is 1. The summed E-state index contributed by atoms with van der Waals surface area (Å²) in [7, 11) is 0. The molecule has 0 N–H and O–H groups in total. The summed E-state index contributed by atoms with van der Waals surface area (Å²) in [6.07, 6.45) is 3.48. The maximum atomic E-state index is 3.93. The fourth-order valence-corrected chi connectivity index (χ4v) is 3.95. The van der Waals surface area contributed by atoms with Gasteiger partial charge in [0.15, 0.2) is 0 Å². The van der Waals surface area contributed by atoms with Crippen LogP contribution in [0.4, 0.5) is 5.69 Å². The molecule has 3 heterocycles. The van der Waals surface area contributed by atoms with Crippen LogP contribution in [-0.2, 0) is 6.54 Å². The van der Waals surface area contributed by atoms with Crippen LogP contribution in [0.3, 0.4) is 0 Å². The molecule has 1 saturated heterocycles. The lowest BCUT2D eigenvalue weighted by Gasteiger charge is -2.41. The van der Waals surface area contributed by atoms with Gasteiger partial charge in [-0.15, -0.1) is 10.2 Å². The second-order valence-corrected chi connectivity index (χ2v) is 7.15. The van der Waals surface area contributed by atoms with E-state index in [9.17, 15) is 0 Å². The molecule has 1 fully saturated rings. The number of hydrogen-bond acceptors (Lipinski definition) is 4. The molecule has 3 aromatic rings. The molecule has 0 amide bonds. The van der Waals surface area contributed by atoms with Crippen LogP contribution >= 0.6 is 0 Å². The minimum absolute atomic E-state index is 0.516. The highest BCUT2D eigenvalue weighted by atomic mass is 15.5. The maximum Gasteiger partial charge on any atom is 0.139 e. The van der Waals surface area contributed by atoms with Gasteiger partial charge in [-0.25, -0.2) is 4.68 Å². The first-order valence-electron chi connectivity index (χ1n) is 9.20. The summed E-state index contributed by atoms with van der Waals surface area (Å²) in [4.78, 5) is 5.07. The van der Waals surface area contributed by atoms with Crippen LogP contribution in [0.2, 0.25) is 0 Å². The van der Waals surface area contributed by atoms with Crippen LogP contribution in [-0.4, -0.2) is 50.1 Å². The Hall–Kier alpha value is -2.60. The van der Waals surface area contributed by atoms with Crippen LogP contribution < -0.4 is 4.90 Å². The lowest BCUT2D eigenvalue weighted by Crippen LogP contribution is -2.51. The minimum atomic E-state index is 0.516.